The number of carbonyl (C=O) groups excluding carboxylic acids is 1. The first-order valence-corrected chi connectivity index (χ1v) is 11.2. The Hall–Kier alpha value is -3.32. The maximum Gasteiger partial charge on any atom is 0.276 e. The lowest BCUT2D eigenvalue weighted by Crippen LogP contribution is -2.48. The maximum atomic E-state index is 13.2. The summed E-state index contributed by atoms with van der Waals surface area (Å²) in [6, 6.07) is 14.2. The van der Waals surface area contributed by atoms with Crippen LogP contribution in [-0.2, 0) is 13.2 Å². The molecule has 0 atom stereocenters. The third-order valence-corrected chi connectivity index (χ3v) is 6.13. The molecule has 0 spiro atoms. The van der Waals surface area contributed by atoms with Crippen LogP contribution < -0.4 is 9.47 Å². The molecule has 0 N–H and O–H groups in total. The summed E-state index contributed by atoms with van der Waals surface area (Å²) in [5, 5.41) is 4.07. The number of carbonyl (C=O) groups is 1. The molecule has 1 aliphatic rings. The van der Waals surface area contributed by atoms with Gasteiger partial charge in [-0.25, -0.2) is 0 Å². The standard InChI is InChI=1S/C26H31N3O4/c1-18-5-6-19(2)24(15-18)32-17-23-20(3)33-27-25(23)26(30)29-13-11-28(12-14-29)16-21-7-9-22(31-4)10-8-21/h5-10,15H,11-14,16-17H2,1-4H3. The molecule has 2 heterocycles. The number of amides is 1. The molecule has 0 radical (unpaired) electrons. The van der Waals surface area contributed by atoms with E-state index in [2.05, 4.69) is 28.3 Å². The molecule has 1 saturated heterocycles. The van der Waals surface area contributed by atoms with Crippen LogP contribution in [0.2, 0.25) is 0 Å². The highest BCUT2D eigenvalue weighted by Crippen LogP contribution is 2.23. The molecule has 33 heavy (non-hydrogen) atoms. The van der Waals surface area contributed by atoms with E-state index in [1.165, 1.54) is 5.56 Å². The maximum absolute atomic E-state index is 13.2. The second-order valence-corrected chi connectivity index (χ2v) is 8.54. The first-order chi connectivity index (χ1) is 15.9. The van der Waals surface area contributed by atoms with Crippen molar-refractivity contribution in [3.05, 3.63) is 76.2 Å². The van der Waals surface area contributed by atoms with E-state index in [0.29, 0.717) is 30.1 Å². The lowest BCUT2D eigenvalue weighted by atomic mass is 10.1. The van der Waals surface area contributed by atoms with Crippen molar-refractivity contribution in [2.45, 2.75) is 33.9 Å². The van der Waals surface area contributed by atoms with E-state index in [-0.39, 0.29) is 12.5 Å². The van der Waals surface area contributed by atoms with Gasteiger partial charge in [0, 0.05) is 32.7 Å². The molecule has 4 rings (SSSR count). The Morgan fingerprint density at radius 2 is 1.76 bits per heavy atom. The second kappa shape index (κ2) is 10.1. The van der Waals surface area contributed by atoms with Crippen LogP contribution in [0.3, 0.4) is 0 Å². The Balaban J connectivity index is 1.36. The number of hydrogen-bond acceptors (Lipinski definition) is 6. The van der Waals surface area contributed by atoms with E-state index in [9.17, 15) is 4.79 Å². The first-order valence-electron chi connectivity index (χ1n) is 11.2. The number of rotatable bonds is 7. The van der Waals surface area contributed by atoms with Crippen LogP contribution >= 0.6 is 0 Å². The summed E-state index contributed by atoms with van der Waals surface area (Å²) >= 11 is 0. The largest absolute Gasteiger partial charge is 0.497 e. The minimum atomic E-state index is -0.101. The van der Waals surface area contributed by atoms with Crippen LogP contribution in [-0.4, -0.2) is 54.2 Å². The van der Waals surface area contributed by atoms with E-state index >= 15 is 0 Å². The Kier molecular flexibility index (Phi) is 6.99. The van der Waals surface area contributed by atoms with E-state index in [4.69, 9.17) is 14.0 Å². The van der Waals surface area contributed by atoms with E-state index in [0.717, 1.165) is 42.3 Å². The zero-order valence-corrected chi connectivity index (χ0v) is 19.8. The molecular weight excluding hydrogens is 418 g/mol. The van der Waals surface area contributed by atoms with Crippen LogP contribution in [0.5, 0.6) is 11.5 Å². The number of piperazine rings is 1. The SMILES string of the molecule is COc1ccc(CN2CCN(C(=O)c3noc(C)c3COc3cc(C)ccc3C)CC2)cc1. The van der Waals surface area contributed by atoms with Gasteiger partial charge in [-0.1, -0.05) is 29.4 Å². The molecule has 7 heteroatoms. The highest BCUT2D eigenvalue weighted by Gasteiger charge is 2.28. The molecule has 1 fully saturated rings. The molecule has 174 valence electrons. The monoisotopic (exact) mass is 449 g/mol. The van der Waals surface area contributed by atoms with Gasteiger partial charge in [0.1, 0.15) is 23.9 Å². The average Bonchev–Trinajstić information content (AvgIpc) is 3.20. The van der Waals surface area contributed by atoms with Gasteiger partial charge in [-0.15, -0.1) is 0 Å². The van der Waals surface area contributed by atoms with Gasteiger partial charge in [-0.2, -0.15) is 0 Å². The fraction of sp³-hybridized carbons (Fsp3) is 0.385. The number of aryl methyl sites for hydroxylation is 3. The van der Waals surface area contributed by atoms with Crippen molar-refractivity contribution < 1.29 is 18.8 Å². The summed E-state index contributed by atoms with van der Waals surface area (Å²) < 4.78 is 16.6. The minimum absolute atomic E-state index is 0.101. The normalized spacial score (nSPS) is 14.4. The van der Waals surface area contributed by atoms with Crippen molar-refractivity contribution in [3.8, 4) is 11.5 Å². The van der Waals surface area contributed by atoms with Crippen LogP contribution in [0.1, 0.15) is 38.5 Å². The zero-order valence-electron chi connectivity index (χ0n) is 19.8. The van der Waals surface area contributed by atoms with Crippen LogP contribution in [0.4, 0.5) is 0 Å². The van der Waals surface area contributed by atoms with Gasteiger partial charge in [-0.05, 0) is 55.7 Å². The molecule has 3 aromatic rings. The van der Waals surface area contributed by atoms with Crippen molar-refractivity contribution >= 4 is 5.91 Å². The lowest BCUT2D eigenvalue weighted by molar-refractivity contribution is 0.0616. The molecule has 0 unspecified atom stereocenters. The van der Waals surface area contributed by atoms with Gasteiger partial charge in [-0.3, -0.25) is 9.69 Å². The minimum Gasteiger partial charge on any atom is -0.497 e. The molecule has 1 aliphatic heterocycles. The predicted molar refractivity (Wildman–Crippen MR) is 126 cm³/mol. The molecule has 1 amide bonds. The number of ether oxygens (including phenoxy) is 2. The third-order valence-electron chi connectivity index (χ3n) is 6.13. The highest BCUT2D eigenvalue weighted by molar-refractivity contribution is 5.93. The highest BCUT2D eigenvalue weighted by atomic mass is 16.5. The number of aromatic nitrogens is 1. The topological polar surface area (TPSA) is 68.0 Å². The van der Waals surface area contributed by atoms with Crippen molar-refractivity contribution in [1.29, 1.82) is 0 Å². The Labute approximate surface area is 194 Å². The fourth-order valence-corrected chi connectivity index (χ4v) is 3.99. The van der Waals surface area contributed by atoms with Gasteiger partial charge in [0.25, 0.3) is 5.91 Å². The van der Waals surface area contributed by atoms with Gasteiger partial charge in [0.2, 0.25) is 0 Å². The first kappa shape index (κ1) is 22.9. The smallest absolute Gasteiger partial charge is 0.276 e. The Morgan fingerprint density at radius 1 is 1.03 bits per heavy atom. The molecule has 0 bridgehead atoms. The number of methoxy groups -OCH3 is 1. The van der Waals surface area contributed by atoms with Crippen LogP contribution in [0.25, 0.3) is 0 Å². The molecule has 0 aliphatic carbocycles. The van der Waals surface area contributed by atoms with Crippen LogP contribution in [0, 0.1) is 20.8 Å². The lowest BCUT2D eigenvalue weighted by Gasteiger charge is -2.34. The van der Waals surface area contributed by atoms with Crippen molar-refractivity contribution in [1.82, 2.24) is 15.0 Å². The number of hydrogen-bond donors (Lipinski definition) is 0. The third kappa shape index (κ3) is 5.37. The van der Waals surface area contributed by atoms with E-state index < -0.39 is 0 Å². The van der Waals surface area contributed by atoms with Crippen molar-refractivity contribution in [2.24, 2.45) is 0 Å². The molecular formula is C26H31N3O4. The second-order valence-electron chi connectivity index (χ2n) is 8.54. The average molecular weight is 450 g/mol. The summed E-state index contributed by atoms with van der Waals surface area (Å²) in [6.45, 7) is 9.87. The van der Waals surface area contributed by atoms with Crippen molar-refractivity contribution in [3.63, 3.8) is 0 Å². The Morgan fingerprint density at radius 3 is 2.45 bits per heavy atom. The van der Waals surface area contributed by atoms with Gasteiger partial charge >= 0.3 is 0 Å². The predicted octanol–water partition coefficient (Wildman–Crippen LogP) is 4.15. The summed E-state index contributed by atoms with van der Waals surface area (Å²) in [5.74, 6) is 2.17. The quantitative estimate of drug-likeness (QED) is 0.540. The summed E-state index contributed by atoms with van der Waals surface area (Å²) in [6.07, 6.45) is 0. The summed E-state index contributed by atoms with van der Waals surface area (Å²) in [5.41, 5.74) is 4.47. The fourth-order valence-electron chi connectivity index (χ4n) is 3.99. The Bertz CT molecular complexity index is 1100. The van der Waals surface area contributed by atoms with E-state index in [1.807, 2.05) is 49.9 Å². The number of benzene rings is 2. The summed E-state index contributed by atoms with van der Waals surface area (Å²) in [7, 11) is 1.67. The van der Waals surface area contributed by atoms with Gasteiger partial charge in [0.05, 0.1) is 12.7 Å². The number of nitrogens with zero attached hydrogens (tertiary/aromatic N) is 3. The molecule has 1 aromatic heterocycles. The zero-order chi connectivity index (χ0) is 23.4. The van der Waals surface area contributed by atoms with Gasteiger partial charge in [0.15, 0.2) is 5.69 Å². The van der Waals surface area contributed by atoms with Crippen molar-refractivity contribution in [2.75, 3.05) is 33.3 Å². The van der Waals surface area contributed by atoms with Gasteiger partial charge < -0.3 is 18.9 Å². The molecule has 7 nitrogen and oxygen atoms in total. The van der Waals surface area contributed by atoms with E-state index in [1.54, 1.807) is 7.11 Å². The van der Waals surface area contributed by atoms with Crippen LogP contribution in [0.15, 0.2) is 47.0 Å². The molecule has 0 saturated carbocycles. The molecule has 2 aromatic carbocycles. The summed E-state index contributed by atoms with van der Waals surface area (Å²) in [4.78, 5) is 17.4.